The molecule has 0 radical (unpaired) electrons. The molecule has 0 saturated heterocycles. The number of aryl methyl sites for hydroxylation is 1. The van der Waals surface area contributed by atoms with E-state index >= 15 is 0 Å². The molecular formula is C15H11ClFN3. The molecule has 2 heterocycles. The number of nitrogens with zero attached hydrogens (tertiary/aromatic N) is 3. The molecule has 3 nitrogen and oxygen atoms in total. The maximum absolute atomic E-state index is 13.2. The third-order valence-electron chi connectivity index (χ3n) is 2.95. The van der Waals surface area contributed by atoms with E-state index in [1.807, 2.05) is 37.4 Å². The van der Waals surface area contributed by atoms with Crippen LogP contribution in [0.3, 0.4) is 0 Å². The van der Waals surface area contributed by atoms with Crippen LogP contribution in [-0.4, -0.2) is 14.5 Å². The van der Waals surface area contributed by atoms with Crippen LogP contribution >= 0.6 is 11.6 Å². The molecule has 3 rings (SSSR count). The van der Waals surface area contributed by atoms with Crippen LogP contribution in [0.1, 0.15) is 5.82 Å². The van der Waals surface area contributed by atoms with E-state index in [-0.39, 0.29) is 0 Å². The van der Waals surface area contributed by atoms with Crippen LogP contribution < -0.4 is 0 Å². The number of hydrogen-bond acceptors (Lipinski definition) is 2. The summed E-state index contributed by atoms with van der Waals surface area (Å²) in [6.07, 6.45) is 1.82. The average molecular weight is 288 g/mol. The Morgan fingerprint density at radius 1 is 1.10 bits per heavy atom. The van der Waals surface area contributed by atoms with Crippen molar-refractivity contribution in [2.24, 2.45) is 0 Å². The zero-order chi connectivity index (χ0) is 14.1. The predicted molar refractivity (Wildman–Crippen MR) is 76.5 cm³/mol. The van der Waals surface area contributed by atoms with Gasteiger partial charge in [0.1, 0.15) is 11.6 Å². The van der Waals surface area contributed by atoms with Crippen molar-refractivity contribution in [3.63, 3.8) is 0 Å². The Bertz CT molecular complexity index is 767. The Kier molecular flexibility index (Phi) is 3.24. The monoisotopic (exact) mass is 287 g/mol. The Morgan fingerprint density at radius 2 is 1.90 bits per heavy atom. The minimum atomic E-state index is -0.514. The largest absolute Gasteiger partial charge is 0.287 e. The maximum atomic E-state index is 13.2. The van der Waals surface area contributed by atoms with Crippen LogP contribution in [0.5, 0.6) is 0 Å². The number of aromatic nitrogens is 3. The van der Waals surface area contributed by atoms with Crippen molar-refractivity contribution in [3.8, 4) is 17.1 Å². The molecule has 5 heteroatoms. The minimum absolute atomic E-state index is 0.503. The van der Waals surface area contributed by atoms with E-state index in [1.165, 1.54) is 6.07 Å². The lowest BCUT2D eigenvalue weighted by Crippen LogP contribution is -1.99. The van der Waals surface area contributed by atoms with Crippen molar-refractivity contribution in [2.75, 3.05) is 0 Å². The summed E-state index contributed by atoms with van der Waals surface area (Å²) in [6.45, 7) is 1.85. The number of rotatable bonds is 2. The molecular weight excluding hydrogens is 277 g/mol. The Labute approximate surface area is 120 Å². The summed E-state index contributed by atoms with van der Waals surface area (Å²) in [5.74, 6) is 0.723. The topological polar surface area (TPSA) is 30.7 Å². The SMILES string of the molecule is Cc1nc(-c2cccc(Cl)c2)cn1-c1cccc(F)n1. The summed E-state index contributed by atoms with van der Waals surface area (Å²) in [4.78, 5) is 8.33. The number of hydrogen-bond donors (Lipinski definition) is 0. The number of halogens is 2. The summed E-state index contributed by atoms with van der Waals surface area (Å²) < 4.78 is 15.0. The van der Waals surface area contributed by atoms with Crippen molar-refractivity contribution in [1.29, 1.82) is 0 Å². The summed E-state index contributed by atoms with van der Waals surface area (Å²) >= 11 is 5.98. The van der Waals surface area contributed by atoms with Crippen molar-refractivity contribution in [2.45, 2.75) is 6.92 Å². The predicted octanol–water partition coefficient (Wildman–Crippen LogP) is 4.04. The summed E-state index contributed by atoms with van der Waals surface area (Å²) in [5.41, 5.74) is 1.69. The summed E-state index contributed by atoms with van der Waals surface area (Å²) in [6, 6.07) is 12.1. The third-order valence-corrected chi connectivity index (χ3v) is 3.18. The molecule has 3 aromatic rings. The first-order valence-electron chi connectivity index (χ1n) is 6.08. The highest BCUT2D eigenvalue weighted by Gasteiger charge is 2.09. The number of imidazole rings is 1. The van der Waals surface area contributed by atoms with Gasteiger partial charge in [0.15, 0.2) is 0 Å². The van der Waals surface area contributed by atoms with Crippen molar-refractivity contribution < 1.29 is 4.39 Å². The highest BCUT2D eigenvalue weighted by Crippen LogP contribution is 2.23. The Balaban J connectivity index is 2.08. The molecule has 0 amide bonds. The van der Waals surface area contributed by atoms with E-state index in [1.54, 1.807) is 16.7 Å². The molecule has 2 aromatic heterocycles. The molecule has 0 aliphatic rings. The van der Waals surface area contributed by atoms with Crippen LogP contribution in [0.15, 0.2) is 48.7 Å². The fourth-order valence-electron chi connectivity index (χ4n) is 2.02. The van der Waals surface area contributed by atoms with Gasteiger partial charge >= 0.3 is 0 Å². The average Bonchev–Trinajstić information content (AvgIpc) is 2.81. The molecule has 0 aliphatic heterocycles. The third kappa shape index (κ3) is 2.42. The van der Waals surface area contributed by atoms with E-state index < -0.39 is 5.95 Å². The highest BCUT2D eigenvalue weighted by atomic mass is 35.5. The van der Waals surface area contributed by atoms with E-state index in [2.05, 4.69) is 9.97 Å². The fraction of sp³-hybridized carbons (Fsp3) is 0.0667. The molecule has 0 fully saturated rings. The molecule has 0 aliphatic carbocycles. The van der Waals surface area contributed by atoms with Gasteiger partial charge in [0.25, 0.3) is 0 Å². The maximum Gasteiger partial charge on any atom is 0.214 e. The van der Waals surface area contributed by atoms with E-state index in [9.17, 15) is 4.39 Å². The van der Waals surface area contributed by atoms with Crippen molar-refractivity contribution in [1.82, 2.24) is 14.5 Å². The van der Waals surface area contributed by atoms with E-state index in [0.717, 1.165) is 17.1 Å². The van der Waals surface area contributed by atoms with Crippen LogP contribution in [0.2, 0.25) is 5.02 Å². The van der Waals surface area contributed by atoms with Gasteiger partial charge in [-0.25, -0.2) is 9.97 Å². The normalized spacial score (nSPS) is 10.8. The molecule has 0 unspecified atom stereocenters. The smallest absolute Gasteiger partial charge is 0.214 e. The van der Waals surface area contributed by atoms with Crippen LogP contribution in [-0.2, 0) is 0 Å². The zero-order valence-electron chi connectivity index (χ0n) is 10.7. The second kappa shape index (κ2) is 5.06. The first-order chi connectivity index (χ1) is 9.63. The standard InChI is InChI=1S/C15H11ClFN3/c1-10-18-13(11-4-2-5-12(16)8-11)9-20(10)15-7-3-6-14(17)19-15/h2-9H,1H3. The van der Waals surface area contributed by atoms with Gasteiger partial charge in [-0.1, -0.05) is 29.8 Å². The molecule has 0 atom stereocenters. The Morgan fingerprint density at radius 3 is 2.65 bits per heavy atom. The molecule has 1 aromatic carbocycles. The lowest BCUT2D eigenvalue weighted by atomic mass is 10.2. The van der Waals surface area contributed by atoms with Crippen LogP contribution in [0.4, 0.5) is 4.39 Å². The second-order valence-electron chi connectivity index (χ2n) is 4.37. The van der Waals surface area contributed by atoms with Crippen molar-refractivity contribution in [3.05, 3.63) is 65.5 Å². The van der Waals surface area contributed by atoms with Gasteiger partial charge in [-0.2, -0.15) is 4.39 Å². The molecule has 100 valence electrons. The van der Waals surface area contributed by atoms with Gasteiger partial charge in [-0.15, -0.1) is 0 Å². The highest BCUT2D eigenvalue weighted by molar-refractivity contribution is 6.30. The van der Waals surface area contributed by atoms with Gasteiger partial charge in [0, 0.05) is 16.8 Å². The minimum Gasteiger partial charge on any atom is -0.287 e. The molecule has 20 heavy (non-hydrogen) atoms. The van der Waals surface area contributed by atoms with Gasteiger partial charge in [0.2, 0.25) is 5.95 Å². The Hall–Kier alpha value is -2.20. The molecule has 0 saturated carbocycles. The lowest BCUT2D eigenvalue weighted by molar-refractivity contribution is 0.580. The van der Waals surface area contributed by atoms with Crippen molar-refractivity contribution >= 4 is 11.6 Å². The second-order valence-corrected chi connectivity index (χ2v) is 4.81. The van der Waals surface area contributed by atoms with Crippen LogP contribution in [0, 0.1) is 12.9 Å². The molecule has 0 bridgehead atoms. The number of pyridine rings is 1. The first-order valence-corrected chi connectivity index (χ1v) is 6.46. The fourth-order valence-corrected chi connectivity index (χ4v) is 2.21. The quantitative estimate of drug-likeness (QED) is 0.666. The van der Waals surface area contributed by atoms with E-state index in [4.69, 9.17) is 11.6 Å². The molecule has 0 spiro atoms. The number of benzene rings is 1. The lowest BCUT2D eigenvalue weighted by Gasteiger charge is -2.02. The zero-order valence-corrected chi connectivity index (χ0v) is 11.5. The summed E-state index contributed by atoms with van der Waals surface area (Å²) in [7, 11) is 0. The molecule has 0 N–H and O–H groups in total. The van der Waals surface area contributed by atoms with Gasteiger partial charge < -0.3 is 0 Å². The first kappa shape index (κ1) is 12.8. The van der Waals surface area contributed by atoms with Crippen LogP contribution in [0.25, 0.3) is 17.1 Å². The summed E-state index contributed by atoms with van der Waals surface area (Å²) in [5, 5.41) is 0.651. The van der Waals surface area contributed by atoms with Gasteiger partial charge in [0.05, 0.1) is 5.69 Å². The van der Waals surface area contributed by atoms with Gasteiger partial charge in [-0.3, -0.25) is 4.57 Å². The van der Waals surface area contributed by atoms with E-state index in [0.29, 0.717) is 10.8 Å². The van der Waals surface area contributed by atoms with Gasteiger partial charge in [-0.05, 0) is 31.2 Å².